The molecule has 0 aliphatic carbocycles. The number of hydrogen-bond acceptors (Lipinski definition) is 8. The van der Waals surface area contributed by atoms with Gasteiger partial charge < -0.3 is 23.8 Å². The van der Waals surface area contributed by atoms with E-state index in [1.165, 1.54) is 13.2 Å². The van der Waals surface area contributed by atoms with Crippen LogP contribution < -0.4 is 23.8 Å². The third-order valence-corrected chi connectivity index (χ3v) is 5.88. The Hall–Kier alpha value is -3.66. The molecule has 2 aromatic carbocycles. The highest BCUT2D eigenvalue weighted by Gasteiger charge is 2.42. The average molecular weight is 456 g/mol. The van der Waals surface area contributed by atoms with Crippen molar-refractivity contribution in [1.82, 2.24) is 4.90 Å². The van der Waals surface area contributed by atoms with Crippen LogP contribution in [0.5, 0.6) is 28.7 Å². The number of likely N-dealkylation sites (N-methyl/N-ethyl adjacent to an activating group) is 1. The topological polar surface area (TPSA) is 124 Å². The number of benzene rings is 2. The molecule has 0 fully saturated rings. The van der Waals surface area contributed by atoms with E-state index in [1.807, 2.05) is 27.0 Å². The molecule has 2 atom stereocenters. The molecule has 2 unspecified atom stereocenters. The van der Waals surface area contributed by atoms with Crippen LogP contribution in [0.25, 0.3) is 10.4 Å². The minimum absolute atomic E-state index is 0.0792. The molecule has 1 amide bonds. The van der Waals surface area contributed by atoms with Gasteiger partial charge >= 0.3 is 0 Å². The van der Waals surface area contributed by atoms with E-state index in [0.717, 1.165) is 11.1 Å². The summed E-state index contributed by atoms with van der Waals surface area (Å²) < 4.78 is 22.4. The number of fused-ring (bicyclic) bond motifs is 2. The van der Waals surface area contributed by atoms with Crippen LogP contribution in [0.1, 0.15) is 46.1 Å². The van der Waals surface area contributed by atoms with Crippen LogP contribution in [0.2, 0.25) is 0 Å². The Kier molecular flexibility index (Phi) is 6.19. The second-order valence-electron chi connectivity index (χ2n) is 7.55. The number of methoxy groups -OCH3 is 2. The lowest BCUT2D eigenvalue weighted by Crippen LogP contribution is -2.30. The van der Waals surface area contributed by atoms with Crippen LogP contribution in [0, 0.1) is 6.92 Å². The standard InChI is InChI=1S/C22H24N4O7/c1-6-26(3)16(15-11(2)9-14-20(21(15)29-5)31-10-30-14)17-12-7-8-13(22(27)24-25-23)18(28-4)19(12)33-32-17/h7-9,16-17H,6,10H2,1-5H3. The molecule has 0 saturated heterocycles. The summed E-state index contributed by atoms with van der Waals surface area (Å²) in [5.74, 6) is 1.34. The molecule has 2 aromatic rings. The number of aryl methyl sites for hydroxylation is 1. The molecular weight excluding hydrogens is 432 g/mol. The van der Waals surface area contributed by atoms with Gasteiger partial charge in [0.15, 0.2) is 23.4 Å². The van der Waals surface area contributed by atoms with Gasteiger partial charge in [0.05, 0.1) is 25.8 Å². The van der Waals surface area contributed by atoms with Crippen molar-refractivity contribution in [3.8, 4) is 28.7 Å². The molecule has 0 aromatic heterocycles. The predicted molar refractivity (Wildman–Crippen MR) is 116 cm³/mol. The number of carbonyl (C=O) groups is 1. The maximum atomic E-state index is 12.2. The van der Waals surface area contributed by atoms with E-state index in [1.54, 1.807) is 13.2 Å². The zero-order valence-electron chi connectivity index (χ0n) is 18.9. The molecule has 0 bridgehead atoms. The van der Waals surface area contributed by atoms with Crippen LogP contribution in [0.3, 0.4) is 0 Å². The molecule has 2 aliphatic rings. The van der Waals surface area contributed by atoms with E-state index in [0.29, 0.717) is 29.4 Å². The zero-order valence-corrected chi connectivity index (χ0v) is 18.9. The van der Waals surface area contributed by atoms with Gasteiger partial charge in [-0.3, -0.25) is 9.69 Å². The van der Waals surface area contributed by atoms with Gasteiger partial charge in [-0.25, -0.2) is 0 Å². The van der Waals surface area contributed by atoms with Crippen molar-refractivity contribution in [1.29, 1.82) is 0 Å². The Labute approximate surface area is 190 Å². The molecule has 2 aliphatic heterocycles. The number of amides is 1. The smallest absolute Gasteiger partial charge is 0.253 e. The number of nitrogens with zero attached hydrogens (tertiary/aromatic N) is 4. The molecule has 0 radical (unpaired) electrons. The van der Waals surface area contributed by atoms with Gasteiger partial charge in [-0.1, -0.05) is 13.0 Å². The van der Waals surface area contributed by atoms with Gasteiger partial charge in [0, 0.05) is 16.0 Å². The third kappa shape index (κ3) is 3.66. The molecule has 11 heteroatoms. The summed E-state index contributed by atoms with van der Waals surface area (Å²) in [6.07, 6.45) is -0.588. The fourth-order valence-electron chi connectivity index (χ4n) is 4.25. The molecule has 4 rings (SSSR count). The molecule has 0 spiro atoms. The molecule has 0 saturated carbocycles. The summed E-state index contributed by atoms with van der Waals surface area (Å²) in [7, 11) is 4.95. The highest BCUT2D eigenvalue weighted by molar-refractivity contribution is 5.98. The summed E-state index contributed by atoms with van der Waals surface area (Å²) in [5, 5.41) is 3.15. The van der Waals surface area contributed by atoms with Gasteiger partial charge in [0.2, 0.25) is 18.3 Å². The maximum absolute atomic E-state index is 12.2. The Morgan fingerprint density at radius 2 is 2.03 bits per heavy atom. The number of hydrogen-bond donors (Lipinski definition) is 0. The molecular formula is C22H24N4O7. The van der Waals surface area contributed by atoms with Crippen LogP contribution in [-0.4, -0.2) is 45.4 Å². The summed E-state index contributed by atoms with van der Waals surface area (Å²) >= 11 is 0. The molecule has 174 valence electrons. The van der Waals surface area contributed by atoms with E-state index in [4.69, 9.17) is 34.3 Å². The Bertz CT molecular complexity index is 1150. The maximum Gasteiger partial charge on any atom is 0.253 e. The lowest BCUT2D eigenvalue weighted by Gasteiger charge is -2.33. The Balaban J connectivity index is 1.87. The van der Waals surface area contributed by atoms with Gasteiger partial charge in [-0.05, 0) is 48.9 Å². The Morgan fingerprint density at radius 3 is 2.70 bits per heavy atom. The first-order valence-corrected chi connectivity index (χ1v) is 10.3. The SMILES string of the molecule is CCN(C)C(c1c(C)cc2c(c1OC)OCO2)C1OOc2c1ccc(C(=O)N=[N+]=[N-])c2OC. The van der Waals surface area contributed by atoms with Gasteiger partial charge in [-0.15, -0.1) is 0 Å². The largest absolute Gasteiger partial charge is 0.492 e. The quantitative estimate of drug-likeness (QED) is 0.262. The second-order valence-corrected chi connectivity index (χ2v) is 7.55. The molecule has 0 N–H and O–H groups in total. The van der Waals surface area contributed by atoms with Crippen LogP contribution in [0.15, 0.2) is 23.3 Å². The van der Waals surface area contributed by atoms with Crippen LogP contribution in [0.4, 0.5) is 0 Å². The minimum Gasteiger partial charge on any atom is -0.492 e. The van der Waals surface area contributed by atoms with Crippen molar-refractivity contribution in [2.24, 2.45) is 5.11 Å². The third-order valence-electron chi connectivity index (χ3n) is 5.88. The van der Waals surface area contributed by atoms with Crippen LogP contribution >= 0.6 is 0 Å². The molecule has 11 nitrogen and oxygen atoms in total. The average Bonchev–Trinajstić information content (AvgIpc) is 3.45. The first-order chi connectivity index (χ1) is 16.0. The van der Waals surface area contributed by atoms with E-state index in [9.17, 15) is 4.79 Å². The van der Waals surface area contributed by atoms with E-state index >= 15 is 0 Å². The Morgan fingerprint density at radius 1 is 1.27 bits per heavy atom. The summed E-state index contributed by atoms with van der Waals surface area (Å²) in [6.45, 7) is 4.81. The van der Waals surface area contributed by atoms with Gasteiger partial charge in [0.1, 0.15) is 0 Å². The first-order valence-electron chi connectivity index (χ1n) is 10.3. The van der Waals surface area contributed by atoms with Crippen molar-refractivity contribution in [3.63, 3.8) is 0 Å². The lowest BCUT2D eigenvalue weighted by atomic mass is 9.89. The zero-order chi connectivity index (χ0) is 23.7. The highest BCUT2D eigenvalue weighted by Crippen LogP contribution is 2.54. The summed E-state index contributed by atoms with van der Waals surface area (Å²) in [6, 6.07) is 4.81. The van der Waals surface area contributed by atoms with Crippen molar-refractivity contribution in [3.05, 3.63) is 50.9 Å². The highest BCUT2D eigenvalue weighted by atomic mass is 17.2. The predicted octanol–water partition coefficient (Wildman–Crippen LogP) is 4.25. The summed E-state index contributed by atoms with van der Waals surface area (Å²) in [4.78, 5) is 28.2. The van der Waals surface area contributed by atoms with E-state index < -0.39 is 12.0 Å². The minimum atomic E-state index is -0.778. The summed E-state index contributed by atoms with van der Waals surface area (Å²) in [5.41, 5.74) is 11.2. The molecule has 2 heterocycles. The van der Waals surface area contributed by atoms with E-state index in [-0.39, 0.29) is 29.9 Å². The number of rotatable bonds is 7. The van der Waals surface area contributed by atoms with Gasteiger partial charge in [0.25, 0.3) is 5.91 Å². The normalized spacial score (nSPS) is 16.6. The number of ether oxygens (including phenoxy) is 4. The number of carbonyl (C=O) groups excluding carboxylic acids is 1. The lowest BCUT2D eigenvalue weighted by molar-refractivity contribution is -0.239. The second kappa shape index (κ2) is 9.07. The monoisotopic (exact) mass is 456 g/mol. The van der Waals surface area contributed by atoms with Crippen molar-refractivity contribution in [2.45, 2.75) is 26.0 Å². The molecule has 33 heavy (non-hydrogen) atoms. The number of azide groups is 1. The van der Waals surface area contributed by atoms with Crippen LogP contribution in [-0.2, 0) is 4.89 Å². The van der Waals surface area contributed by atoms with Gasteiger partial charge in [-0.2, -0.15) is 4.89 Å². The first kappa shape index (κ1) is 22.5. The van der Waals surface area contributed by atoms with Crippen molar-refractivity contribution >= 4 is 5.91 Å². The van der Waals surface area contributed by atoms with E-state index in [2.05, 4.69) is 14.9 Å². The van der Waals surface area contributed by atoms with Crippen molar-refractivity contribution < 1.29 is 33.5 Å². The van der Waals surface area contributed by atoms with Crippen molar-refractivity contribution in [2.75, 3.05) is 34.6 Å². The fourth-order valence-corrected chi connectivity index (χ4v) is 4.25. The fraction of sp³-hybridized carbons (Fsp3) is 0.409.